The minimum atomic E-state index is -0.773. The number of carbonyl (C=O) groups is 2. The Bertz CT molecular complexity index is 1140. The van der Waals surface area contributed by atoms with Crippen molar-refractivity contribution >= 4 is 17.6 Å². The van der Waals surface area contributed by atoms with Gasteiger partial charge >= 0.3 is 0 Å². The first-order chi connectivity index (χ1) is 15.3. The van der Waals surface area contributed by atoms with Gasteiger partial charge in [0.25, 0.3) is 11.8 Å². The van der Waals surface area contributed by atoms with Crippen LogP contribution in [0.25, 0.3) is 0 Å². The van der Waals surface area contributed by atoms with Crippen LogP contribution in [0.2, 0.25) is 0 Å². The highest BCUT2D eigenvalue weighted by Gasteiger charge is 2.58. The Labute approximate surface area is 186 Å². The fraction of sp³-hybridized carbons (Fsp3) is 0.333. The van der Waals surface area contributed by atoms with E-state index in [0.29, 0.717) is 11.4 Å². The second-order valence-corrected chi connectivity index (χ2v) is 8.29. The summed E-state index contributed by atoms with van der Waals surface area (Å²) in [5.41, 5.74) is 1.37. The zero-order chi connectivity index (χ0) is 23.0. The van der Waals surface area contributed by atoms with Gasteiger partial charge < -0.3 is 5.32 Å². The lowest BCUT2D eigenvalue weighted by Gasteiger charge is -2.23. The lowest BCUT2D eigenvalue weighted by atomic mass is 10.1. The molecule has 1 saturated carbocycles. The van der Waals surface area contributed by atoms with E-state index in [9.17, 15) is 14.0 Å². The van der Waals surface area contributed by atoms with Crippen LogP contribution in [0.5, 0.6) is 0 Å². The van der Waals surface area contributed by atoms with Crippen molar-refractivity contribution in [2.75, 3.05) is 11.9 Å². The number of hydrogen-bond acceptors (Lipinski definition) is 4. The van der Waals surface area contributed by atoms with Crippen molar-refractivity contribution in [2.45, 2.75) is 32.4 Å². The number of pyridine rings is 1. The molecule has 2 amide bonds. The fourth-order valence-corrected chi connectivity index (χ4v) is 4.49. The highest BCUT2D eigenvalue weighted by molar-refractivity contribution is 6.02. The van der Waals surface area contributed by atoms with Gasteiger partial charge in [0.1, 0.15) is 11.9 Å². The molecule has 4 atom stereocenters. The summed E-state index contributed by atoms with van der Waals surface area (Å²) in [7, 11) is 1.64. The molecule has 1 fully saturated rings. The largest absolute Gasteiger partial charge is 0.338 e. The van der Waals surface area contributed by atoms with Crippen molar-refractivity contribution in [3.63, 3.8) is 0 Å². The third-order valence-corrected chi connectivity index (χ3v) is 6.14. The predicted octanol–water partition coefficient (Wildman–Crippen LogP) is 3.23. The number of fused-ring (bicyclic) bond motifs is 3. The lowest BCUT2D eigenvalue weighted by molar-refractivity contribution is -0.120. The van der Waals surface area contributed by atoms with E-state index in [2.05, 4.69) is 22.0 Å². The van der Waals surface area contributed by atoms with Crippen LogP contribution < -0.4 is 10.2 Å². The number of nitrogens with zero attached hydrogens (tertiary/aromatic N) is 4. The third-order valence-electron chi connectivity index (χ3n) is 6.14. The third kappa shape index (κ3) is 3.88. The highest BCUT2D eigenvalue weighted by atomic mass is 19.1. The number of amides is 2. The van der Waals surface area contributed by atoms with Gasteiger partial charge in [0.15, 0.2) is 11.5 Å². The second kappa shape index (κ2) is 8.53. The second-order valence-electron chi connectivity index (χ2n) is 8.29. The topological polar surface area (TPSA) is 80.1 Å². The number of allylic oxidation sites excluding steroid dienone is 5. The van der Waals surface area contributed by atoms with Gasteiger partial charge in [-0.1, -0.05) is 43.9 Å². The zero-order valence-corrected chi connectivity index (χ0v) is 18.3. The van der Waals surface area contributed by atoms with Crippen LogP contribution in [-0.4, -0.2) is 39.7 Å². The zero-order valence-electron chi connectivity index (χ0n) is 18.3. The van der Waals surface area contributed by atoms with Crippen molar-refractivity contribution in [3.8, 4) is 0 Å². The van der Waals surface area contributed by atoms with Crippen LogP contribution in [-0.2, 0) is 11.3 Å². The Morgan fingerprint density at radius 2 is 2.16 bits per heavy atom. The number of rotatable bonds is 6. The maximum absolute atomic E-state index is 14.5. The normalized spacial score (nSPS) is 24.4. The van der Waals surface area contributed by atoms with Crippen molar-refractivity contribution in [1.29, 1.82) is 0 Å². The van der Waals surface area contributed by atoms with Gasteiger partial charge in [-0.2, -0.15) is 5.10 Å². The number of anilines is 1. The minimum absolute atomic E-state index is 0.0685. The molecule has 1 aliphatic carbocycles. The van der Waals surface area contributed by atoms with Crippen LogP contribution in [0.4, 0.5) is 10.2 Å². The van der Waals surface area contributed by atoms with Gasteiger partial charge in [0.2, 0.25) is 0 Å². The summed E-state index contributed by atoms with van der Waals surface area (Å²) in [5.74, 6) is -0.859. The summed E-state index contributed by atoms with van der Waals surface area (Å²) in [5, 5.41) is 6.83. The molecule has 2 aromatic heterocycles. The molecule has 3 heterocycles. The van der Waals surface area contributed by atoms with Crippen molar-refractivity contribution in [1.82, 2.24) is 20.1 Å². The van der Waals surface area contributed by atoms with E-state index < -0.39 is 17.8 Å². The summed E-state index contributed by atoms with van der Waals surface area (Å²) in [6.45, 7) is 8.10. The number of aromatic nitrogens is 3. The summed E-state index contributed by atoms with van der Waals surface area (Å²) >= 11 is 0. The molecule has 166 valence electrons. The minimum Gasteiger partial charge on any atom is -0.338 e. The summed E-state index contributed by atoms with van der Waals surface area (Å²) in [6.07, 6.45) is 10.2. The SMILES string of the molecule is C=C(/C=C\C=C/C)Cn1cc(F)c(C(=O)N[C@@H]2C(=O)N(C)c3ncccc3[C@H]3C2[C@H]3C)n1. The molecule has 8 heteroatoms. The molecule has 32 heavy (non-hydrogen) atoms. The number of hydrogen-bond donors (Lipinski definition) is 1. The number of halogens is 1. The van der Waals surface area contributed by atoms with Gasteiger partial charge in [-0.15, -0.1) is 0 Å². The van der Waals surface area contributed by atoms with E-state index in [1.807, 2.05) is 44.2 Å². The van der Waals surface area contributed by atoms with Gasteiger partial charge in [0.05, 0.1) is 12.7 Å². The molecule has 1 unspecified atom stereocenters. The van der Waals surface area contributed by atoms with Crippen LogP contribution >= 0.6 is 0 Å². The predicted molar refractivity (Wildman–Crippen MR) is 120 cm³/mol. The summed E-state index contributed by atoms with van der Waals surface area (Å²) in [4.78, 5) is 31.9. The molecule has 2 aliphatic rings. The molecule has 0 radical (unpaired) electrons. The van der Waals surface area contributed by atoms with E-state index in [-0.39, 0.29) is 35.9 Å². The monoisotopic (exact) mass is 435 g/mol. The summed E-state index contributed by atoms with van der Waals surface area (Å²) in [6, 6.07) is 3.04. The van der Waals surface area contributed by atoms with E-state index >= 15 is 0 Å². The maximum Gasteiger partial charge on any atom is 0.275 e. The molecule has 2 aromatic rings. The molecule has 0 saturated heterocycles. The van der Waals surface area contributed by atoms with Crippen molar-refractivity contribution in [2.24, 2.45) is 11.8 Å². The van der Waals surface area contributed by atoms with Crippen molar-refractivity contribution in [3.05, 3.63) is 78.1 Å². The lowest BCUT2D eigenvalue weighted by Crippen LogP contribution is -2.49. The summed E-state index contributed by atoms with van der Waals surface area (Å²) < 4.78 is 15.8. The molecule has 1 aliphatic heterocycles. The maximum atomic E-state index is 14.5. The molecule has 0 aromatic carbocycles. The average Bonchev–Trinajstić information content (AvgIpc) is 3.31. The van der Waals surface area contributed by atoms with Gasteiger partial charge in [0, 0.05) is 13.2 Å². The number of likely N-dealkylation sites (N-methyl/N-ethyl adjacent to an activating group) is 1. The molecule has 4 rings (SSSR count). The van der Waals surface area contributed by atoms with Gasteiger partial charge in [-0.05, 0) is 41.9 Å². The Morgan fingerprint density at radius 3 is 2.91 bits per heavy atom. The smallest absolute Gasteiger partial charge is 0.275 e. The Balaban J connectivity index is 1.52. The first-order valence-corrected chi connectivity index (χ1v) is 10.6. The van der Waals surface area contributed by atoms with Gasteiger partial charge in [-0.3, -0.25) is 19.2 Å². The van der Waals surface area contributed by atoms with E-state index in [0.717, 1.165) is 11.8 Å². The molecule has 0 bridgehead atoms. The fourth-order valence-electron chi connectivity index (χ4n) is 4.49. The van der Waals surface area contributed by atoms with E-state index in [1.54, 1.807) is 19.3 Å². The molecular formula is C24H26FN5O2. The molecule has 7 nitrogen and oxygen atoms in total. The first-order valence-electron chi connectivity index (χ1n) is 10.6. The number of carbonyl (C=O) groups excluding carboxylic acids is 2. The Kier molecular flexibility index (Phi) is 5.78. The Morgan fingerprint density at radius 1 is 1.38 bits per heavy atom. The Hall–Kier alpha value is -3.55. The molecular weight excluding hydrogens is 409 g/mol. The molecule has 0 spiro atoms. The number of nitrogens with one attached hydrogen (secondary N) is 1. The van der Waals surface area contributed by atoms with Crippen LogP contribution in [0.15, 0.2) is 61.0 Å². The highest BCUT2D eigenvalue weighted by Crippen LogP contribution is 2.58. The molecule has 1 N–H and O–H groups in total. The van der Waals surface area contributed by atoms with E-state index in [4.69, 9.17) is 0 Å². The van der Waals surface area contributed by atoms with E-state index in [1.165, 1.54) is 9.58 Å². The van der Waals surface area contributed by atoms with Crippen LogP contribution in [0, 0.1) is 17.7 Å². The van der Waals surface area contributed by atoms with Gasteiger partial charge in [-0.25, -0.2) is 9.37 Å². The van der Waals surface area contributed by atoms with Crippen LogP contribution in [0.1, 0.15) is 35.8 Å². The van der Waals surface area contributed by atoms with Crippen LogP contribution in [0.3, 0.4) is 0 Å². The standard InChI is InChI=1S/C24H26FN5O2/c1-5-6-7-9-14(2)12-30-13-17(25)20(28-30)23(31)27-21-19-15(3)18(19)16-10-8-11-26-22(16)29(4)24(21)32/h5-11,13,15,18-19,21H,2,12H2,1,3-4H3,(H,27,31)/b6-5-,9-7-/t15-,18-,19?,21-/m0/s1. The first kappa shape index (κ1) is 21.7. The quantitative estimate of drug-likeness (QED) is 0.707. The average molecular weight is 436 g/mol. The van der Waals surface area contributed by atoms with Crippen molar-refractivity contribution < 1.29 is 14.0 Å².